The van der Waals surface area contributed by atoms with Gasteiger partial charge in [0.05, 0.1) is 10.6 Å². The van der Waals surface area contributed by atoms with Crippen molar-refractivity contribution in [3.05, 3.63) is 54.0 Å². The molecule has 1 amide bonds. The predicted octanol–water partition coefficient (Wildman–Crippen LogP) is 2.16. The topological polar surface area (TPSA) is 105 Å². The predicted molar refractivity (Wildman–Crippen MR) is 100 cm³/mol. The smallest absolute Gasteiger partial charge is 0.255 e. The Hall–Kier alpha value is -2.78. The second-order valence-corrected chi connectivity index (χ2v) is 8.41. The van der Waals surface area contributed by atoms with Gasteiger partial charge in [-0.3, -0.25) is 9.20 Å². The summed E-state index contributed by atoms with van der Waals surface area (Å²) in [6, 6.07) is 9.44. The van der Waals surface area contributed by atoms with Crippen molar-refractivity contribution in [1.82, 2.24) is 19.3 Å². The summed E-state index contributed by atoms with van der Waals surface area (Å²) >= 11 is 0. The molecule has 0 aliphatic heterocycles. The van der Waals surface area contributed by atoms with Gasteiger partial charge in [0.15, 0.2) is 5.65 Å². The minimum atomic E-state index is -3.61. The summed E-state index contributed by atoms with van der Waals surface area (Å²) in [5.74, 6) is 0.935. The lowest BCUT2D eigenvalue weighted by molar-refractivity contribution is 0.102. The minimum Gasteiger partial charge on any atom is -0.321 e. The van der Waals surface area contributed by atoms with Gasteiger partial charge in [-0.05, 0) is 50.2 Å². The third kappa shape index (κ3) is 3.31. The maximum atomic E-state index is 12.6. The van der Waals surface area contributed by atoms with E-state index in [0.29, 0.717) is 11.6 Å². The SMILES string of the molecule is CNS(=O)(=O)c1cccc(C(=O)Nc2ccc3nnc(C4CCC4)n3c2)c1. The van der Waals surface area contributed by atoms with Crippen LogP contribution >= 0.6 is 0 Å². The minimum absolute atomic E-state index is 0.0409. The van der Waals surface area contributed by atoms with Crippen LogP contribution in [0.4, 0.5) is 5.69 Å². The largest absolute Gasteiger partial charge is 0.321 e. The zero-order valence-corrected chi connectivity index (χ0v) is 15.5. The van der Waals surface area contributed by atoms with Gasteiger partial charge in [-0.25, -0.2) is 13.1 Å². The van der Waals surface area contributed by atoms with E-state index in [4.69, 9.17) is 0 Å². The Bertz CT molecular complexity index is 1120. The number of carbonyl (C=O) groups is 1. The molecule has 9 heteroatoms. The van der Waals surface area contributed by atoms with Gasteiger partial charge in [-0.1, -0.05) is 12.5 Å². The molecule has 0 atom stereocenters. The lowest BCUT2D eigenvalue weighted by Gasteiger charge is -2.23. The molecule has 0 saturated heterocycles. The lowest BCUT2D eigenvalue weighted by Crippen LogP contribution is -2.19. The molecule has 3 aromatic rings. The van der Waals surface area contributed by atoms with Gasteiger partial charge in [-0.2, -0.15) is 0 Å². The fraction of sp³-hybridized carbons (Fsp3) is 0.278. The third-order valence-electron chi connectivity index (χ3n) is 4.83. The van der Waals surface area contributed by atoms with E-state index in [9.17, 15) is 13.2 Å². The molecule has 0 spiro atoms. The Morgan fingerprint density at radius 3 is 2.70 bits per heavy atom. The second kappa shape index (κ2) is 6.75. The number of amides is 1. The number of pyridine rings is 1. The average molecular weight is 385 g/mol. The van der Waals surface area contributed by atoms with E-state index >= 15 is 0 Å². The summed E-state index contributed by atoms with van der Waals surface area (Å²) in [5.41, 5.74) is 1.58. The quantitative estimate of drug-likeness (QED) is 0.700. The van der Waals surface area contributed by atoms with Gasteiger partial charge >= 0.3 is 0 Å². The number of hydrogen-bond acceptors (Lipinski definition) is 5. The zero-order chi connectivity index (χ0) is 19.0. The summed E-state index contributed by atoms with van der Waals surface area (Å²) in [7, 11) is -2.28. The molecule has 2 heterocycles. The average Bonchev–Trinajstić information content (AvgIpc) is 3.03. The Morgan fingerprint density at radius 1 is 1.19 bits per heavy atom. The van der Waals surface area contributed by atoms with E-state index in [1.807, 2.05) is 4.40 Å². The number of nitrogens with zero attached hydrogens (tertiary/aromatic N) is 3. The highest BCUT2D eigenvalue weighted by Crippen LogP contribution is 2.35. The molecular weight excluding hydrogens is 366 g/mol. The van der Waals surface area contributed by atoms with E-state index in [1.54, 1.807) is 24.4 Å². The first kappa shape index (κ1) is 17.6. The van der Waals surface area contributed by atoms with Crippen LogP contribution in [-0.2, 0) is 10.0 Å². The van der Waals surface area contributed by atoms with Gasteiger partial charge < -0.3 is 5.32 Å². The highest BCUT2D eigenvalue weighted by Gasteiger charge is 2.24. The van der Waals surface area contributed by atoms with Gasteiger partial charge in [-0.15, -0.1) is 10.2 Å². The van der Waals surface area contributed by atoms with Crippen molar-refractivity contribution in [2.75, 3.05) is 12.4 Å². The highest BCUT2D eigenvalue weighted by molar-refractivity contribution is 7.89. The molecule has 2 N–H and O–H groups in total. The van der Waals surface area contributed by atoms with Crippen LogP contribution in [0.25, 0.3) is 5.65 Å². The zero-order valence-electron chi connectivity index (χ0n) is 14.7. The lowest BCUT2D eigenvalue weighted by atomic mass is 9.85. The molecule has 0 unspecified atom stereocenters. The maximum absolute atomic E-state index is 12.6. The molecule has 1 aromatic carbocycles. The summed E-state index contributed by atoms with van der Waals surface area (Å²) in [4.78, 5) is 12.6. The van der Waals surface area contributed by atoms with Crippen molar-refractivity contribution in [1.29, 1.82) is 0 Å². The number of anilines is 1. The number of aromatic nitrogens is 3. The third-order valence-corrected chi connectivity index (χ3v) is 6.24. The number of nitrogens with one attached hydrogen (secondary N) is 2. The molecule has 140 valence electrons. The second-order valence-electron chi connectivity index (χ2n) is 6.52. The summed E-state index contributed by atoms with van der Waals surface area (Å²) in [6.45, 7) is 0. The Balaban J connectivity index is 1.60. The Labute approximate surface area is 156 Å². The fourth-order valence-corrected chi connectivity index (χ4v) is 3.83. The van der Waals surface area contributed by atoms with Gasteiger partial charge in [0, 0.05) is 17.7 Å². The van der Waals surface area contributed by atoms with Crippen LogP contribution in [0.1, 0.15) is 41.4 Å². The van der Waals surface area contributed by atoms with Gasteiger partial charge in [0.25, 0.3) is 5.91 Å². The van der Waals surface area contributed by atoms with Crippen LogP contribution in [0.5, 0.6) is 0 Å². The monoisotopic (exact) mass is 385 g/mol. The van der Waals surface area contributed by atoms with Crippen molar-refractivity contribution in [2.45, 2.75) is 30.1 Å². The molecule has 1 fully saturated rings. The van der Waals surface area contributed by atoms with Crippen LogP contribution in [-0.4, -0.2) is 36.0 Å². The number of carbonyl (C=O) groups excluding carboxylic acids is 1. The molecule has 8 nitrogen and oxygen atoms in total. The molecule has 4 rings (SSSR count). The van der Waals surface area contributed by atoms with E-state index in [-0.39, 0.29) is 16.4 Å². The van der Waals surface area contributed by atoms with Crippen molar-refractivity contribution in [3.8, 4) is 0 Å². The van der Waals surface area contributed by atoms with Crippen LogP contribution in [0, 0.1) is 0 Å². The molecule has 27 heavy (non-hydrogen) atoms. The number of fused-ring (bicyclic) bond motifs is 1. The highest BCUT2D eigenvalue weighted by atomic mass is 32.2. The molecule has 2 aromatic heterocycles. The molecular formula is C18H19N5O3S. The van der Waals surface area contributed by atoms with Crippen LogP contribution in [0.2, 0.25) is 0 Å². The summed E-state index contributed by atoms with van der Waals surface area (Å²) in [6.07, 6.45) is 5.20. The van der Waals surface area contributed by atoms with Crippen LogP contribution in [0.15, 0.2) is 47.5 Å². The standard InChI is InChI=1S/C18H19N5O3S/c1-19-27(25,26)15-7-3-6-13(10-15)18(24)20-14-8-9-16-21-22-17(23(16)11-14)12-4-2-5-12/h3,6-12,19H,2,4-5H2,1H3,(H,20,24). The molecule has 1 aliphatic rings. The van der Waals surface area contributed by atoms with Crippen molar-refractivity contribution in [3.63, 3.8) is 0 Å². The first-order valence-corrected chi connectivity index (χ1v) is 10.2. The summed E-state index contributed by atoms with van der Waals surface area (Å²) < 4.78 is 28.0. The van der Waals surface area contributed by atoms with Crippen molar-refractivity contribution >= 4 is 27.3 Å². The van der Waals surface area contributed by atoms with E-state index in [0.717, 1.165) is 24.3 Å². The van der Waals surface area contributed by atoms with Crippen molar-refractivity contribution < 1.29 is 13.2 Å². The van der Waals surface area contributed by atoms with Crippen LogP contribution < -0.4 is 10.0 Å². The first-order chi connectivity index (χ1) is 13.0. The van der Waals surface area contributed by atoms with Gasteiger partial charge in [0.2, 0.25) is 10.0 Å². The number of benzene rings is 1. The van der Waals surface area contributed by atoms with E-state index in [2.05, 4.69) is 20.2 Å². The van der Waals surface area contributed by atoms with E-state index in [1.165, 1.54) is 31.7 Å². The van der Waals surface area contributed by atoms with Gasteiger partial charge in [0.1, 0.15) is 5.82 Å². The maximum Gasteiger partial charge on any atom is 0.255 e. The number of sulfonamides is 1. The normalized spacial score (nSPS) is 14.9. The Kier molecular flexibility index (Phi) is 4.40. The molecule has 1 saturated carbocycles. The summed E-state index contributed by atoms with van der Waals surface area (Å²) in [5, 5.41) is 11.3. The number of hydrogen-bond donors (Lipinski definition) is 2. The molecule has 0 bridgehead atoms. The molecule has 1 aliphatic carbocycles. The molecule has 0 radical (unpaired) electrons. The van der Waals surface area contributed by atoms with Crippen LogP contribution in [0.3, 0.4) is 0 Å². The Morgan fingerprint density at radius 2 is 2.00 bits per heavy atom. The number of rotatable bonds is 5. The fourth-order valence-electron chi connectivity index (χ4n) is 3.05. The van der Waals surface area contributed by atoms with Crippen molar-refractivity contribution in [2.24, 2.45) is 0 Å². The van der Waals surface area contributed by atoms with E-state index < -0.39 is 10.0 Å². The first-order valence-electron chi connectivity index (χ1n) is 8.67.